The van der Waals surface area contributed by atoms with Gasteiger partial charge < -0.3 is 10.1 Å². The molecule has 1 unspecified atom stereocenters. The van der Waals surface area contributed by atoms with Gasteiger partial charge in [0, 0.05) is 11.6 Å². The summed E-state index contributed by atoms with van der Waals surface area (Å²) in [6.07, 6.45) is 1.03. The summed E-state index contributed by atoms with van der Waals surface area (Å²) in [6.45, 7) is 9.71. The number of nitrogens with one attached hydrogen (secondary N) is 1. The first-order valence-electron chi connectivity index (χ1n) is 6.70. The standard InChI is InChI=1S/C15H24FNO/c1-5-9-17-12(4)15-13(16)7-6-8-14(15)18-10-11(2)3/h6-8,11-12,17H,5,9-10H2,1-4H3. The van der Waals surface area contributed by atoms with Crippen LogP contribution in [-0.4, -0.2) is 13.2 Å². The van der Waals surface area contributed by atoms with Crippen molar-refractivity contribution in [2.75, 3.05) is 13.2 Å². The van der Waals surface area contributed by atoms with Crippen LogP contribution in [0.4, 0.5) is 4.39 Å². The number of hydrogen-bond acceptors (Lipinski definition) is 2. The van der Waals surface area contributed by atoms with Crippen molar-refractivity contribution in [2.45, 2.75) is 40.2 Å². The molecule has 1 N–H and O–H groups in total. The predicted molar refractivity (Wildman–Crippen MR) is 73.4 cm³/mol. The third-order valence-corrected chi connectivity index (χ3v) is 2.72. The van der Waals surface area contributed by atoms with Crippen LogP contribution in [0.3, 0.4) is 0 Å². The van der Waals surface area contributed by atoms with E-state index in [1.165, 1.54) is 6.07 Å². The predicted octanol–water partition coefficient (Wildman–Crippen LogP) is 3.92. The minimum absolute atomic E-state index is 0.0340. The summed E-state index contributed by atoms with van der Waals surface area (Å²) in [5, 5.41) is 3.30. The summed E-state index contributed by atoms with van der Waals surface area (Å²) in [5.41, 5.74) is 0.631. The molecule has 2 nitrogen and oxygen atoms in total. The zero-order valence-electron chi connectivity index (χ0n) is 11.8. The summed E-state index contributed by atoms with van der Waals surface area (Å²) in [7, 11) is 0. The molecule has 0 saturated heterocycles. The van der Waals surface area contributed by atoms with Crippen molar-refractivity contribution in [3.8, 4) is 5.75 Å². The molecule has 0 aromatic heterocycles. The number of rotatable bonds is 7. The van der Waals surface area contributed by atoms with E-state index < -0.39 is 0 Å². The van der Waals surface area contributed by atoms with Gasteiger partial charge in [-0.3, -0.25) is 0 Å². The molecule has 0 amide bonds. The summed E-state index contributed by atoms with van der Waals surface area (Å²) in [4.78, 5) is 0. The molecule has 1 aromatic rings. The quantitative estimate of drug-likeness (QED) is 0.795. The second kappa shape index (κ2) is 7.37. The van der Waals surface area contributed by atoms with E-state index >= 15 is 0 Å². The van der Waals surface area contributed by atoms with Crippen LogP contribution in [0.1, 0.15) is 45.7 Å². The van der Waals surface area contributed by atoms with Gasteiger partial charge in [0.25, 0.3) is 0 Å². The lowest BCUT2D eigenvalue weighted by Gasteiger charge is -2.19. The van der Waals surface area contributed by atoms with Crippen LogP contribution >= 0.6 is 0 Å². The number of halogens is 1. The van der Waals surface area contributed by atoms with E-state index in [1.807, 2.05) is 13.0 Å². The summed E-state index contributed by atoms with van der Waals surface area (Å²) < 4.78 is 19.6. The highest BCUT2D eigenvalue weighted by atomic mass is 19.1. The van der Waals surface area contributed by atoms with E-state index in [9.17, 15) is 4.39 Å². The van der Waals surface area contributed by atoms with Crippen molar-refractivity contribution < 1.29 is 9.13 Å². The highest BCUT2D eigenvalue weighted by molar-refractivity contribution is 5.37. The van der Waals surface area contributed by atoms with Gasteiger partial charge in [-0.05, 0) is 37.9 Å². The average Bonchev–Trinajstić information content (AvgIpc) is 2.33. The maximum Gasteiger partial charge on any atom is 0.131 e. The van der Waals surface area contributed by atoms with E-state index in [1.54, 1.807) is 6.07 Å². The van der Waals surface area contributed by atoms with E-state index in [0.29, 0.717) is 23.8 Å². The largest absolute Gasteiger partial charge is 0.493 e. The van der Waals surface area contributed by atoms with E-state index in [0.717, 1.165) is 13.0 Å². The Morgan fingerprint density at radius 3 is 2.61 bits per heavy atom. The molecular formula is C15H24FNO. The van der Waals surface area contributed by atoms with Crippen molar-refractivity contribution in [3.63, 3.8) is 0 Å². The maximum atomic E-state index is 13.9. The fraction of sp³-hybridized carbons (Fsp3) is 0.600. The van der Waals surface area contributed by atoms with Crippen molar-refractivity contribution >= 4 is 0 Å². The third-order valence-electron chi connectivity index (χ3n) is 2.72. The first-order chi connectivity index (χ1) is 8.56. The molecule has 0 aliphatic heterocycles. The molecule has 0 saturated carbocycles. The topological polar surface area (TPSA) is 21.3 Å². The normalized spacial score (nSPS) is 12.8. The molecule has 0 fully saturated rings. The van der Waals surface area contributed by atoms with Gasteiger partial charge in [-0.2, -0.15) is 0 Å². The third kappa shape index (κ3) is 4.30. The lowest BCUT2D eigenvalue weighted by molar-refractivity contribution is 0.264. The zero-order valence-corrected chi connectivity index (χ0v) is 11.8. The zero-order chi connectivity index (χ0) is 13.5. The second-order valence-corrected chi connectivity index (χ2v) is 5.03. The Labute approximate surface area is 110 Å². The van der Waals surface area contributed by atoms with Crippen LogP contribution in [0.25, 0.3) is 0 Å². The highest BCUT2D eigenvalue weighted by Crippen LogP contribution is 2.28. The van der Waals surface area contributed by atoms with Crippen molar-refractivity contribution in [1.82, 2.24) is 5.32 Å². The Morgan fingerprint density at radius 2 is 2.00 bits per heavy atom. The fourth-order valence-electron chi connectivity index (χ4n) is 1.78. The first kappa shape index (κ1) is 15.0. The van der Waals surface area contributed by atoms with Gasteiger partial charge in [-0.25, -0.2) is 4.39 Å². The lowest BCUT2D eigenvalue weighted by Crippen LogP contribution is -2.21. The summed E-state index contributed by atoms with van der Waals surface area (Å²) in [5.74, 6) is 0.882. The van der Waals surface area contributed by atoms with Gasteiger partial charge >= 0.3 is 0 Å². The molecule has 18 heavy (non-hydrogen) atoms. The summed E-state index contributed by atoms with van der Waals surface area (Å²) >= 11 is 0. The molecule has 0 heterocycles. The van der Waals surface area contributed by atoms with Crippen LogP contribution in [0, 0.1) is 11.7 Å². The van der Waals surface area contributed by atoms with Gasteiger partial charge in [0.15, 0.2) is 0 Å². The van der Waals surface area contributed by atoms with Crippen LogP contribution in [-0.2, 0) is 0 Å². The van der Waals surface area contributed by atoms with Crippen molar-refractivity contribution in [1.29, 1.82) is 0 Å². The van der Waals surface area contributed by atoms with Gasteiger partial charge in [0.05, 0.1) is 6.61 Å². The minimum atomic E-state index is -0.202. The number of hydrogen-bond donors (Lipinski definition) is 1. The van der Waals surface area contributed by atoms with Crippen LogP contribution in [0.15, 0.2) is 18.2 Å². The first-order valence-corrected chi connectivity index (χ1v) is 6.70. The van der Waals surface area contributed by atoms with E-state index in [2.05, 4.69) is 26.1 Å². The number of ether oxygens (including phenoxy) is 1. The van der Waals surface area contributed by atoms with Gasteiger partial charge in [-0.15, -0.1) is 0 Å². The second-order valence-electron chi connectivity index (χ2n) is 5.03. The monoisotopic (exact) mass is 253 g/mol. The smallest absolute Gasteiger partial charge is 0.131 e. The molecule has 1 aromatic carbocycles. The molecule has 1 atom stereocenters. The maximum absolute atomic E-state index is 13.9. The van der Waals surface area contributed by atoms with E-state index in [-0.39, 0.29) is 11.9 Å². The Bertz CT molecular complexity index is 366. The lowest BCUT2D eigenvalue weighted by atomic mass is 10.1. The average molecular weight is 253 g/mol. The Hall–Kier alpha value is -1.09. The molecule has 1 rings (SSSR count). The highest BCUT2D eigenvalue weighted by Gasteiger charge is 2.16. The molecule has 0 aliphatic rings. The molecule has 0 aliphatic carbocycles. The van der Waals surface area contributed by atoms with Crippen LogP contribution in [0.2, 0.25) is 0 Å². The van der Waals surface area contributed by atoms with Gasteiger partial charge in [0.2, 0.25) is 0 Å². The van der Waals surface area contributed by atoms with Crippen molar-refractivity contribution in [2.24, 2.45) is 5.92 Å². The minimum Gasteiger partial charge on any atom is -0.493 e. The van der Waals surface area contributed by atoms with Gasteiger partial charge in [-0.1, -0.05) is 26.8 Å². The Balaban J connectivity index is 2.85. The fourth-order valence-corrected chi connectivity index (χ4v) is 1.78. The molecule has 3 heteroatoms. The molecule has 0 spiro atoms. The molecule has 0 radical (unpaired) electrons. The Morgan fingerprint density at radius 1 is 1.28 bits per heavy atom. The van der Waals surface area contributed by atoms with Crippen molar-refractivity contribution in [3.05, 3.63) is 29.6 Å². The summed E-state index contributed by atoms with van der Waals surface area (Å²) in [6, 6.07) is 4.99. The number of benzene rings is 1. The SMILES string of the molecule is CCCNC(C)c1c(F)cccc1OCC(C)C. The molecule has 0 bridgehead atoms. The van der Waals surface area contributed by atoms with Crippen LogP contribution < -0.4 is 10.1 Å². The van der Waals surface area contributed by atoms with E-state index in [4.69, 9.17) is 4.74 Å². The molecule has 102 valence electrons. The Kier molecular flexibility index (Phi) is 6.13. The molecular weight excluding hydrogens is 229 g/mol. The van der Waals surface area contributed by atoms with Crippen LogP contribution in [0.5, 0.6) is 5.75 Å². The van der Waals surface area contributed by atoms with Gasteiger partial charge in [0.1, 0.15) is 11.6 Å².